The van der Waals surface area contributed by atoms with Gasteiger partial charge in [0.1, 0.15) is 5.75 Å². The predicted molar refractivity (Wildman–Crippen MR) is 97.2 cm³/mol. The molecule has 0 aliphatic rings. The number of nitrogens with zero attached hydrogens (tertiary/aromatic N) is 1. The molecule has 0 aliphatic heterocycles. The van der Waals surface area contributed by atoms with Crippen LogP contribution in [0.5, 0.6) is 5.75 Å². The third-order valence-corrected chi connectivity index (χ3v) is 4.18. The Balaban J connectivity index is 2.14. The number of aromatic amines is 1. The number of carbonyl (C=O) groups is 1. The van der Waals surface area contributed by atoms with Crippen LogP contribution >= 0.6 is 0 Å². The molecule has 4 rings (SSSR count). The molecule has 2 N–H and O–H groups in total. The van der Waals surface area contributed by atoms with Crippen LogP contribution in [-0.2, 0) is 0 Å². The highest BCUT2D eigenvalue weighted by Gasteiger charge is 2.20. The molecule has 0 spiro atoms. The van der Waals surface area contributed by atoms with Crippen LogP contribution in [0.1, 0.15) is 17.4 Å². The van der Waals surface area contributed by atoms with Crippen LogP contribution in [0.3, 0.4) is 0 Å². The molecule has 0 radical (unpaired) electrons. The van der Waals surface area contributed by atoms with E-state index in [1.807, 2.05) is 55.5 Å². The maximum absolute atomic E-state index is 11.8. The number of hydrogen-bond acceptors (Lipinski definition) is 3. The van der Waals surface area contributed by atoms with E-state index in [2.05, 4.69) is 9.97 Å². The Morgan fingerprint density at radius 1 is 1.16 bits per heavy atom. The lowest BCUT2D eigenvalue weighted by atomic mass is 9.98. The van der Waals surface area contributed by atoms with Crippen molar-refractivity contribution >= 4 is 27.8 Å². The van der Waals surface area contributed by atoms with E-state index in [4.69, 9.17) is 4.74 Å². The van der Waals surface area contributed by atoms with Crippen LogP contribution < -0.4 is 4.74 Å². The van der Waals surface area contributed by atoms with E-state index in [0.29, 0.717) is 12.2 Å². The Bertz CT molecular complexity index is 1080. The summed E-state index contributed by atoms with van der Waals surface area (Å²) in [5.74, 6) is -0.292. The number of H-pyrrole nitrogens is 1. The molecule has 0 aliphatic carbocycles. The van der Waals surface area contributed by atoms with Crippen LogP contribution in [0, 0.1) is 0 Å². The summed E-state index contributed by atoms with van der Waals surface area (Å²) >= 11 is 0. The number of benzene rings is 2. The fourth-order valence-electron chi connectivity index (χ4n) is 3.17. The summed E-state index contributed by atoms with van der Waals surface area (Å²) in [6.07, 6.45) is 1.57. The fraction of sp³-hybridized carbons (Fsp3) is 0.100. The van der Waals surface area contributed by atoms with Gasteiger partial charge < -0.3 is 14.8 Å². The molecule has 124 valence electrons. The SMILES string of the molecule is CCOc1ccc2[nH]c3cnc(C(=O)O)c(-c4ccccc4)c3c2c1. The van der Waals surface area contributed by atoms with Crippen molar-refractivity contribution in [3.63, 3.8) is 0 Å². The molecular weight excluding hydrogens is 316 g/mol. The minimum atomic E-state index is -1.05. The molecular formula is C20H16N2O3. The van der Waals surface area contributed by atoms with Crippen LogP contribution in [0.15, 0.2) is 54.7 Å². The second kappa shape index (κ2) is 5.94. The predicted octanol–water partition coefficient (Wildman–Crippen LogP) is 4.48. The molecule has 2 heterocycles. The Morgan fingerprint density at radius 2 is 1.96 bits per heavy atom. The zero-order valence-corrected chi connectivity index (χ0v) is 13.6. The van der Waals surface area contributed by atoms with Crippen molar-refractivity contribution in [2.45, 2.75) is 6.92 Å². The molecule has 2 aromatic heterocycles. The van der Waals surface area contributed by atoms with E-state index in [1.165, 1.54) is 0 Å². The van der Waals surface area contributed by atoms with Crippen LogP contribution in [0.4, 0.5) is 0 Å². The number of aromatic carboxylic acids is 1. The van der Waals surface area contributed by atoms with Crippen LogP contribution in [-0.4, -0.2) is 27.7 Å². The molecule has 5 nitrogen and oxygen atoms in total. The number of hydrogen-bond donors (Lipinski definition) is 2. The first kappa shape index (κ1) is 15.2. The smallest absolute Gasteiger partial charge is 0.355 e. The largest absolute Gasteiger partial charge is 0.494 e. The number of ether oxygens (including phenoxy) is 1. The van der Waals surface area contributed by atoms with E-state index < -0.39 is 5.97 Å². The van der Waals surface area contributed by atoms with Gasteiger partial charge in [0.05, 0.1) is 18.3 Å². The van der Waals surface area contributed by atoms with Gasteiger partial charge in [-0.15, -0.1) is 0 Å². The lowest BCUT2D eigenvalue weighted by Crippen LogP contribution is -2.03. The third-order valence-electron chi connectivity index (χ3n) is 4.18. The average Bonchev–Trinajstić information content (AvgIpc) is 3.00. The van der Waals surface area contributed by atoms with Gasteiger partial charge in [-0.1, -0.05) is 30.3 Å². The van der Waals surface area contributed by atoms with E-state index in [1.54, 1.807) is 6.20 Å². The van der Waals surface area contributed by atoms with Crippen molar-refractivity contribution in [2.75, 3.05) is 6.61 Å². The minimum Gasteiger partial charge on any atom is -0.494 e. The Hall–Kier alpha value is -3.34. The second-order valence-electron chi connectivity index (χ2n) is 5.71. The molecule has 0 bridgehead atoms. The highest BCUT2D eigenvalue weighted by molar-refractivity contribution is 6.17. The average molecular weight is 332 g/mol. The zero-order chi connectivity index (χ0) is 17.4. The first-order valence-corrected chi connectivity index (χ1v) is 8.05. The second-order valence-corrected chi connectivity index (χ2v) is 5.71. The number of carboxylic acids is 1. The molecule has 2 aromatic carbocycles. The molecule has 0 saturated heterocycles. The van der Waals surface area contributed by atoms with Gasteiger partial charge in [0.25, 0.3) is 0 Å². The van der Waals surface area contributed by atoms with Crippen molar-refractivity contribution in [1.29, 1.82) is 0 Å². The minimum absolute atomic E-state index is 0.0430. The number of pyridine rings is 1. The fourth-order valence-corrected chi connectivity index (χ4v) is 3.17. The summed E-state index contributed by atoms with van der Waals surface area (Å²) in [6.45, 7) is 2.50. The molecule has 0 saturated carbocycles. The van der Waals surface area contributed by atoms with Gasteiger partial charge in [-0.25, -0.2) is 9.78 Å². The molecule has 25 heavy (non-hydrogen) atoms. The number of rotatable bonds is 4. The first-order chi connectivity index (χ1) is 12.2. The van der Waals surface area contributed by atoms with Crippen molar-refractivity contribution in [3.8, 4) is 16.9 Å². The lowest BCUT2D eigenvalue weighted by molar-refractivity contribution is 0.0691. The van der Waals surface area contributed by atoms with E-state index in [0.717, 1.165) is 33.1 Å². The maximum Gasteiger partial charge on any atom is 0.355 e. The van der Waals surface area contributed by atoms with Crippen molar-refractivity contribution in [1.82, 2.24) is 9.97 Å². The van der Waals surface area contributed by atoms with Crippen molar-refractivity contribution < 1.29 is 14.6 Å². The van der Waals surface area contributed by atoms with Gasteiger partial charge >= 0.3 is 5.97 Å². The zero-order valence-electron chi connectivity index (χ0n) is 13.6. The van der Waals surface area contributed by atoms with E-state index in [9.17, 15) is 9.90 Å². The molecule has 4 aromatic rings. The van der Waals surface area contributed by atoms with Gasteiger partial charge in [0.15, 0.2) is 5.69 Å². The highest BCUT2D eigenvalue weighted by atomic mass is 16.5. The molecule has 0 unspecified atom stereocenters. The van der Waals surface area contributed by atoms with Gasteiger partial charge in [-0.05, 0) is 30.7 Å². The van der Waals surface area contributed by atoms with Crippen molar-refractivity contribution in [2.24, 2.45) is 0 Å². The molecule has 0 atom stereocenters. The van der Waals surface area contributed by atoms with Gasteiger partial charge in [-0.3, -0.25) is 0 Å². The standard InChI is InChI=1S/C20H16N2O3/c1-2-25-13-8-9-15-14(10-13)18-16(22-15)11-21-19(20(23)24)17(18)12-6-4-3-5-7-12/h3-11,22H,2H2,1H3,(H,23,24). The van der Waals surface area contributed by atoms with Gasteiger partial charge in [0.2, 0.25) is 0 Å². The monoisotopic (exact) mass is 332 g/mol. The summed E-state index contributed by atoms with van der Waals surface area (Å²) in [7, 11) is 0. The Morgan fingerprint density at radius 3 is 2.68 bits per heavy atom. The summed E-state index contributed by atoms with van der Waals surface area (Å²) in [5, 5.41) is 11.4. The summed E-state index contributed by atoms with van der Waals surface area (Å²) < 4.78 is 5.61. The summed E-state index contributed by atoms with van der Waals surface area (Å²) in [5.41, 5.74) is 3.19. The van der Waals surface area contributed by atoms with Gasteiger partial charge in [0, 0.05) is 21.9 Å². The molecule has 0 amide bonds. The Labute approximate surface area is 143 Å². The molecule has 5 heteroatoms. The molecule has 0 fully saturated rings. The quantitative estimate of drug-likeness (QED) is 0.578. The topological polar surface area (TPSA) is 75.2 Å². The normalized spacial score (nSPS) is 11.1. The summed E-state index contributed by atoms with van der Waals surface area (Å²) in [6, 6.07) is 15.3. The van der Waals surface area contributed by atoms with E-state index in [-0.39, 0.29) is 5.69 Å². The first-order valence-electron chi connectivity index (χ1n) is 8.05. The highest BCUT2D eigenvalue weighted by Crippen LogP contribution is 2.37. The van der Waals surface area contributed by atoms with Gasteiger partial charge in [-0.2, -0.15) is 0 Å². The number of aromatic nitrogens is 2. The van der Waals surface area contributed by atoms with E-state index >= 15 is 0 Å². The summed E-state index contributed by atoms with van der Waals surface area (Å²) in [4.78, 5) is 19.3. The number of fused-ring (bicyclic) bond motifs is 3. The van der Waals surface area contributed by atoms with Crippen LogP contribution in [0.2, 0.25) is 0 Å². The maximum atomic E-state index is 11.8. The number of carboxylic acid groups (broad SMARTS) is 1. The Kier molecular flexibility index (Phi) is 3.61. The lowest BCUT2D eigenvalue weighted by Gasteiger charge is -2.08. The van der Waals surface area contributed by atoms with Crippen LogP contribution in [0.25, 0.3) is 32.9 Å². The third kappa shape index (κ3) is 2.50. The van der Waals surface area contributed by atoms with Crippen molar-refractivity contribution in [3.05, 3.63) is 60.4 Å². The number of nitrogens with one attached hydrogen (secondary N) is 1.